The molecule has 2 rings (SSSR count). The number of halogens is 3. The van der Waals surface area contributed by atoms with Gasteiger partial charge in [-0.25, -0.2) is 4.79 Å². The number of carbonyl (C=O) groups is 2. The van der Waals surface area contributed by atoms with Crippen molar-refractivity contribution in [1.82, 2.24) is 5.32 Å². The van der Waals surface area contributed by atoms with Crippen molar-refractivity contribution in [1.29, 1.82) is 0 Å². The highest BCUT2D eigenvalue weighted by Crippen LogP contribution is 2.29. The molecular formula is C19H18F3NO3. The fraction of sp³-hybridized carbons (Fsp3) is 0.263. The van der Waals surface area contributed by atoms with Crippen LogP contribution >= 0.6 is 0 Å². The van der Waals surface area contributed by atoms with Gasteiger partial charge in [0.25, 0.3) is 5.91 Å². The Morgan fingerprint density at radius 3 is 2.35 bits per heavy atom. The molecule has 0 radical (unpaired) electrons. The molecular weight excluding hydrogens is 347 g/mol. The number of hydrogen-bond acceptors (Lipinski definition) is 2. The summed E-state index contributed by atoms with van der Waals surface area (Å²) >= 11 is 0. The zero-order chi connectivity index (χ0) is 19.5. The molecule has 0 saturated heterocycles. The zero-order valence-electron chi connectivity index (χ0n) is 14.2. The molecule has 0 unspecified atom stereocenters. The third kappa shape index (κ3) is 4.84. The summed E-state index contributed by atoms with van der Waals surface area (Å²) in [6, 6.07) is 8.04. The van der Waals surface area contributed by atoms with Crippen LogP contribution in [0.1, 0.15) is 32.6 Å². The summed E-state index contributed by atoms with van der Waals surface area (Å²) in [7, 11) is 0. The number of nitrogens with one attached hydrogen (secondary N) is 1. The van der Waals surface area contributed by atoms with Crippen LogP contribution in [0.25, 0.3) is 0 Å². The third-order valence-corrected chi connectivity index (χ3v) is 4.07. The molecule has 2 aromatic carbocycles. The number of amides is 1. The largest absolute Gasteiger partial charge is 0.480 e. The number of aliphatic carboxylic acids is 1. The Kier molecular flexibility index (Phi) is 5.69. The maximum atomic E-state index is 12.8. The highest BCUT2D eigenvalue weighted by atomic mass is 19.4. The Morgan fingerprint density at radius 1 is 1.08 bits per heavy atom. The predicted octanol–water partition coefficient (Wildman–Crippen LogP) is 3.75. The maximum Gasteiger partial charge on any atom is 0.416 e. The van der Waals surface area contributed by atoms with Gasteiger partial charge >= 0.3 is 12.1 Å². The van der Waals surface area contributed by atoms with E-state index in [2.05, 4.69) is 5.32 Å². The van der Waals surface area contributed by atoms with Crippen LogP contribution in [0.5, 0.6) is 0 Å². The number of benzene rings is 2. The summed E-state index contributed by atoms with van der Waals surface area (Å²) < 4.78 is 38.3. The maximum absolute atomic E-state index is 12.8. The molecule has 1 amide bonds. The summed E-state index contributed by atoms with van der Waals surface area (Å²) in [5.74, 6) is -2.13. The van der Waals surface area contributed by atoms with E-state index in [1.165, 1.54) is 6.07 Å². The minimum Gasteiger partial charge on any atom is -0.480 e. The van der Waals surface area contributed by atoms with Crippen molar-refractivity contribution in [2.24, 2.45) is 0 Å². The highest BCUT2D eigenvalue weighted by Gasteiger charge is 2.31. The Balaban J connectivity index is 2.18. The van der Waals surface area contributed by atoms with Crippen molar-refractivity contribution in [2.75, 3.05) is 0 Å². The number of carbonyl (C=O) groups excluding carboxylic acids is 1. The van der Waals surface area contributed by atoms with Crippen molar-refractivity contribution >= 4 is 11.9 Å². The second-order valence-corrected chi connectivity index (χ2v) is 6.07. The van der Waals surface area contributed by atoms with Crippen LogP contribution in [-0.4, -0.2) is 23.0 Å². The molecule has 0 heterocycles. The molecule has 1 atom stereocenters. The van der Waals surface area contributed by atoms with Crippen LogP contribution in [-0.2, 0) is 17.4 Å². The predicted molar refractivity (Wildman–Crippen MR) is 90.0 cm³/mol. The minimum atomic E-state index is -4.58. The van der Waals surface area contributed by atoms with Gasteiger partial charge in [-0.2, -0.15) is 13.2 Å². The van der Waals surface area contributed by atoms with E-state index in [4.69, 9.17) is 0 Å². The van der Waals surface area contributed by atoms with Gasteiger partial charge in [0.05, 0.1) is 5.56 Å². The van der Waals surface area contributed by atoms with Gasteiger partial charge in [0, 0.05) is 12.0 Å². The van der Waals surface area contributed by atoms with Crippen molar-refractivity contribution in [3.05, 3.63) is 70.3 Å². The lowest BCUT2D eigenvalue weighted by Gasteiger charge is -2.16. The lowest BCUT2D eigenvalue weighted by Crippen LogP contribution is -2.42. The molecule has 0 aliphatic rings. The van der Waals surface area contributed by atoms with Crippen molar-refractivity contribution < 1.29 is 27.9 Å². The molecule has 2 aromatic rings. The van der Waals surface area contributed by atoms with Gasteiger partial charge < -0.3 is 10.4 Å². The number of carboxylic acids is 1. The summed E-state index contributed by atoms with van der Waals surface area (Å²) in [4.78, 5) is 23.7. The molecule has 0 aromatic heterocycles. The van der Waals surface area contributed by atoms with Gasteiger partial charge in [-0.3, -0.25) is 4.79 Å². The average Bonchev–Trinajstić information content (AvgIpc) is 2.56. The van der Waals surface area contributed by atoms with Crippen LogP contribution in [0, 0.1) is 13.8 Å². The van der Waals surface area contributed by atoms with Gasteiger partial charge in [0.1, 0.15) is 6.04 Å². The van der Waals surface area contributed by atoms with Crippen LogP contribution in [0.2, 0.25) is 0 Å². The fourth-order valence-corrected chi connectivity index (χ4v) is 2.44. The van der Waals surface area contributed by atoms with Crippen LogP contribution in [0.4, 0.5) is 13.2 Å². The highest BCUT2D eigenvalue weighted by molar-refractivity contribution is 5.96. The first-order valence-corrected chi connectivity index (χ1v) is 7.85. The molecule has 0 aliphatic carbocycles. The van der Waals surface area contributed by atoms with Gasteiger partial charge in [0.15, 0.2) is 0 Å². The van der Waals surface area contributed by atoms with Gasteiger partial charge in [0.2, 0.25) is 0 Å². The smallest absolute Gasteiger partial charge is 0.416 e. The standard InChI is InChI=1S/C19H18F3NO3/c1-11-6-7-13(8-12(11)2)9-16(18(25)26)23-17(24)14-4-3-5-15(10-14)19(20,21)22/h3-8,10,16H,9H2,1-2H3,(H,23,24)(H,25,26)/t16-/m0/s1. The Labute approximate surface area is 148 Å². The third-order valence-electron chi connectivity index (χ3n) is 4.07. The van der Waals surface area contributed by atoms with Crippen molar-refractivity contribution in [2.45, 2.75) is 32.5 Å². The van der Waals surface area contributed by atoms with E-state index >= 15 is 0 Å². The molecule has 138 valence electrons. The first-order valence-electron chi connectivity index (χ1n) is 7.85. The molecule has 0 fully saturated rings. The topological polar surface area (TPSA) is 66.4 Å². The van der Waals surface area contributed by atoms with E-state index in [0.29, 0.717) is 11.6 Å². The Hall–Kier alpha value is -2.83. The summed E-state index contributed by atoms with van der Waals surface area (Å²) in [6.07, 6.45) is -4.55. The first kappa shape index (κ1) is 19.5. The second-order valence-electron chi connectivity index (χ2n) is 6.07. The Bertz CT molecular complexity index is 831. The normalized spacial score (nSPS) is 12.5. The van der Waals surface area contributed by atoms with E-state index in [9.17, 15) is 27.9 Å². The lowest BCUT2D eigenvalue weighted by atomic mass is 10.0. The van der Waals surface area contributed by atoms with E-state index in [-0.39, 0.29) is 12.0 Å². The zero-order valence-corrected chi connectivity index (χ0v) is 14.2. The molecule has 2 N–H and O–H groups in total. The minimum absolute atomic E-state index is 0.0289. The van der Waals surface area contributed by atoms with Crippen LogP contribution < -0.4 is 5.32 Å². The molecule has 0 spiro atoms. The van der Waals surface area contributed by atoms with Gasteiger partial charge in [-0.05, 0) is 48.7 Å². The Morgan fingerprint density at radius 2 is 1.77 bits per heavy atom. The monoisotopic (exact) mass is 365 g/mol. The summed E-state index contributed by atoms with van der Waals surface area (Å²) in [6.45, 7) is 3.80. The average molecular weight is 365 g/mol. The molecule has 7 heteroatoms. The van der Waals surface area contributed by atoms with Crippen LogP contribution in [0.15, 0.2) is 42.5 Å². The number of hydrogen-bond donors (Lipinski definition) is 2. The van der Waals surface area contributed by atoms with Gasteiger partial charge in [-0.15, -0.1) is 0 Å². The summed E-state index contributed by atoms with van der Waals surface area (Å²) in [5.41, 5.74) is 1.53. The molecule has 0 aliphatic heterocycles. The van der Waals surface area contributed by atoms with Gasteiger partial charge in [-0.1, -0.05) is 24.3 Å². The number of aryl methyl sites for hydroxylation is 2. The molecule has 26 heavy (non-hydrogen) atoms. The number of carboxylic acid groups (broad SMARTS) is 1. The molecule has 4 nitrogen and oxygen atoms in total. The number of rotatable bonds is 5. The van der Waals surface area contributed by atoms with E-state index < -0.39 is 29.7 Å². The number of alkyl halides is 3. The SMILES string of the molecule is Cc1ccc(C[C@H](NC(=O)c2cccc(C(F)(F)F)c2)C(=O)O)cc1C. The lowest BCUT2D eigenvalue weighted by molar-refractivity contribution is -0.139. The van der Waals surface area contributed by atoms with Crippen molar-refractivity contribution in [3.63, 3.8) is 0 Å². The van der Waals surface area contributed by atoms with Crippen molar-refractivity contribution in [3.8, 4) is 0 Å². The molecule has 0 bridgehead atoms. The summed E-state index contributed by atoms with van der Waals surface area (Å²) in [5, 5.41) is 11.6. The fourth-order valence-electron chi connectivity index (χ4n) is 2.44. The first-order chi connectivity index (χ1) is 12.1. The second kappa shape index (κ2) is 7.59. The van der Waals surface area contributed by atoms with E-state index in [1.54, 1.807) is 6.07 Å². The van der Waals surface area contributed by atoms with E-state index in [1.807, 2.05) is 26.0 Å². The van der Waals surface area contributed by atoms with E-state index in [0.717, 1.165) is 23.3 Å². The quantitative estimate of drug-likeness (QED) is 0.848. The van der Waals surface area contributed by atoms with Crippen LogP contribution in [0.3, 0.4) is 0 Å². The molecule has 0 saturated carbocycles.